The minimum Gasteiger partial charge on any atom is -0.357 e. The maximum absolute atomic E-state index is 12.3. The Kier molecular flexibility index (Phi) is 6.04. The van der Waals surface area contributed by atoms with E-state index in [1.54, 1.807) is 17.5 Å². The molecule has 3 rings (SSSR count). The minimum atomic E-state index is -0.157. The molecule has 1 N–H and O–H groups in total. The number of ketones is 1. The van der Waals surface area contributed by atoms with E-state index < -0.39 is 0 Å². The molecule has 26 heavy (non-hydrogen) atoms. The van der Waals surface area contributed by atoms with Crippen LogP contribution in [0.5, 0.6) is 0 Å². The van der Waals surface area contributed by atoms with E-state index in [-0.39, 0.29) is 24.5 Å². The van der Waals surface area contributed by atoms with Gasteiger partial charge in [-0.3, -0.25) is 9.59 Å². The van der Waals surface area contributed by atoms with Gasteiger partial charge in [0.25, 0.3) is 0 Å². The number of anilines is 2. The summed E-state index contributed by atoms with van der Waals surface area (Å²) in [6.07, 6.45) is 5.79. The molecule has 1 amide bonds. The van der Waals surface area contributed by atoms with Crippen LogP contribution in [0.4, 0.5) is 11.5 Å². The molecule has 0 aliphatic carbocycles. The third-order valence-corrected chi connectivity index (χ3v) is 5.60. The number of pyridine rings is 1. The Bertz CT molecular complexity index is 777. The van der Waals surface area contributed by atoms with Crippen LogP contribution in [0.25, 0.3) is 0 Å². The molecule has 138 valence electrons. The average Bonchev–Trinajstić information content (AvgIpc) is 2.99. The number of carbonyl (C=O) groups excluding carboxylic acids is 2. The lowest BCUT2D eigenvalue weighted by molar-refractivity contribution is -0.116. The Balaban J connectivity index is 1.50. The summed E-state index contributed by atoms with van der Waals surface area (Å²) in [6, 6.07) is 5.73. The number of aryl methyl sites for hydroxylation is 2. The maximum atomic E-state index is 12.3. The molecule has 1 aliphatic heterocycles. The molecule has 3 heterocycles. The van der Waals surface area contributed by atoms with Gasteiger partial charge in [-0.05, 0) is 51.3 Å². The van der Waals surface area contributed by atoms with Crippen molar-refractivity contribution >= 4 is 34.5 Å². The van der Waals surface area contributed by atoms with Crippen LogP contribution >= 0.6 is 11.3 Å². The van der Waals surface area contributed by atoms with Gasteiger partial charge in [-0.1, -0.05) is 0 Å². The van der Waals surface area contributed by atoms with E-state index >= 15 is 0 Å². The predicted octanol–water partition coefficient (Wildman–Crippen LogP) is 4.35. The fourth-order valence-corrected chi connectivity index (χ4v) is 4.21. The van der Waals surface area contributed by atoms with Crippen LogP contribution in [0.3, 0.4) is 0 Å². The first-order chi connectivity index (χ1) is 12.5. The Morgan fingerprint density at radius 3 is 2.54 bits per heavy atom. The van der Waals surface area contributed by atoms with E-state index in [0.29, 0.717) is 5.69 Å². The number of hydrogen-bond acceptors (Lipinski definition) is 5. The first-order valence-electron chi connectivity index (χ1n) is 9.14. The lowest BCUT2D eigenvalue weighted by Gasteiger charge is -2.27. The number of thiophene rings is 1. The van der Waals surface area contributed by atoms with Crippen molar-refractivity contribution in [1.82, 2.24) is 4.98 Å². The van der Waals surface area contributed by atoms with Gasteiger partial charge in [0.1, 0.15) is 5.82 Å². The van der Waals surface area contributed by atoms with E-state index in [2.05, 4.69) is 15.2 Å². The summed E-state index contributed by atoms with van der Waals surface area (Å²) in [4.78, 5) is 33.3. The molecule has 2 aromatic heterocycles. The van der Waals surface area contributed by atoms with Gasteiger partial charge in [0.05, 0.1) is 11.9 Å². The van der Waals surface area contributed by atoms with Crippen molar-refractivity contribution in [2.45, 2.75) is 46.0 Å². The molecule has 0 spiro atoms. The Hall–Kier alpha value is -2.21. The van der Waals surface area contributed by atoms with Crippen molar-refractivity contribution < 1.29 is 9.59 Å². The lowest BCUT2D eigenvalue weighted by Crippen LogP contribution is -2.30. The van der Waals surface area contributed by atoms with E-state index in [0.717, 1.165) is 34.2 Å². The molecule has 1 aliphatic rings. The number of Topliss-reactive ketones (excluding diaryl/α,β-unsaturated/α-hetero) is 1. The highest BCUT2D eigenvalue weighted by atomic mass is 32.1. The van der Waals surface area contributed by atoms with Crippen LogP contribution in [-0.2, 0) is 4.79 Å². The first kappa shape index (κ1) is 18.6. The standard InChI is InChI=1S/C20H25N3O2S/c1-14-12-17(15(2)26-14)18(24)7-9-20(25)22-16-6-8-19(21-13-16)23-10-4-3-5-11-23/h6,8,12-13H,3-5,7,9-11H2,1-2H3,(H,22,25). The van der Waals surface area contributed by atoms with E-state index in [1.165, 1.54) is 19.3 Å². The van der Waals surface area contributed by atoms with E-state index in [1.807, 2.05) is 32.0 Å². The van der Waals surface area contributed by atoms with Gasteiger partial charge in [-0.15, -0.1) is 11.3 Å². The molecule has 0 saturated carbocycles. The molecule has 0 atom stereocenters. The lowest BCUT2D eigenvalue weighted by atomic mass is 10.1. The Morgan fingerprint density at radius 1 is 1.15 bits per heavy atom. The third kappa shape index (κ3) is 4.69. The summed E-state index contributed by atoms with van der Waals surface area (Å²) in [5.74, 6) is 0.831. The zero-order valence-electron chi connectivity index (χ0n) is 15.4. The molecule has 0 unspecified atom stereocenters. The average molecular weight is 372 g/mol. The van der Waals surface area contributed by atoms with Crippen LogP contribution in [0.1, 0.15) is 52.2 Å². The number of carbonyl (C=O) groups is 2. The highest BCUT2D eigenvalue weighted by Gasteiger charge is 2.15. The molecular formula is C20H25N3O2S. The number of nitrogens with zero attached hydrogens (tertiary/aromatic N) is 2. The van der Waals surface area contributed by atoms with E-state index in [9.17, 15) is 9.59 Å². The van der Waals surface area contributed by atoms with Gasteiger partial charge in [-0.25, -0.2) is 4.98 Å². The number of amides is 1. The Morgan fingerprint density at radius 2 is 1.92 bits per heavy atom. The van der Waals surface area contributed by atoms with Crippen molar-refractivity contribution in [1.29, 1.82) is 0 Å². The molecule has 2 aromatic rings. The Labute approximate surface area is 158 Å². The van der Waals surface area contributed by atoms with Gasteiger partial charge < -0.3 is 10.2 Å². The highest BCUT2D eigenvalue weighted by Crippen LogP contribution is 2.22. The molecule has 0 aromatic carbocycles. The number of rotatable bonds is 6. The molecule has 5 nitrogen and oxygen atoms in total. The van der Waals surface area contributed by atoms with Crippen molar-refractivity contribution in [3.8, 4) is 0 Å². The summed E-state index contributed by atoms with van der Waals surface area (Å²) in [5.41, 5.74) is 1.42. The number of hydrogen-bond donors (Lipinski definition) is 1. The summed E-state index contributed by atoms with van der Waals surface area (Å²) < 4.78 is 0. The summed E-state index contributed by atoms with van der Waals surface area (Å²) >= 11 is 1.61. The maximum Gasteiger partial charge on any atom is 0.224 e. The fraction of sp³-hybridized carbons (Fsp3) is 0.450. The molecular weight excluding hydrogens is 346 g/mol. The number of aromatic nitrogens is 1. The van der Waals surface area contributed by atoms with Gasteiger partial charge in [0.2, 0.25) is 5.91 Å². The van der Waals surface area contributed by atoms with Crippen LogP contribution in [0, 0.1) is 13.8 Å². The van der Waals surface area contributed by atoms with Crippen LogP contribution in [0.15, 0.2) is 24.4 Å². The number of piperidine rings is 1. The van der Waals surface area contributed by atoms with Crippen molar-refractivity contribution in [2.75, 3.05) is 23.3 Å². The largest absolute Gasteiger partial charge is 0.357 e. The fourth-order valence-electron chi connectivity index (χ4n) is 3.26. The highest BCUT2D eigenvalue weighted by molar-refractivity contribution is 7.12. The van der Waals surface area contributed by atoms with Crippen molar-refractivity contribution in [3.63, 3.8) is 0 Å². The second-order valence-electron chi connectivity index (χ2n) is 6.75. The van der Waals surface area contributed by atoms with Crippen molar-refractivity contribution in [2.24, 2.45) is 0 Å². The summed E-state index contributed by atoms with van der Waals surface area (Å²) in [6.45, 7) is 6.02. The second-order valence-corrected chi connectivity index (χ2v) is 8.21. The molecule has 0 bridgehead atoms. The quantitative estimate of drug-likeness (QED) is 0.767. The third-order valence-electron chi connectivity index (χ3n) is 4.63. The number of nitrogens with one attached hydrogen (secondary N) is 1. The smallest absolute Gasteiger partial charge is 0.224 e. The summed E-state index contributed by atoms with van der Waals surface area (Å²) in [5, 5.41) is 2.83. The molecule has 1 fully saturated rings. The minimum absolute atomic E-state index is 0.0283. The molecule has 0 radical (unpaired) electrons. The molecule has 1 saturated heterocycles. The van der Waals surface area contributed by atoms with Gasteiger partial charge in [0, 0.05) is 41.2 Å². The van der Waals surface area contributed by atoms with E-state index in [4.69, 9.17) is 0 Å². The zero-order valence-corrected chi connectivity index (χ0v) is 16.2. The topological polar surface area (TPSA) is 62.3 Å². The molecule has 6 heteroatoms. The van der Waals surface area contributed by atoms with Gasteiger partial charge in [0.15, 0.2) is 5.78 Å². The SMILES string of the molecule is Cc1cc(C(=O)CCC(=O)Nc2ccc(N3CCCCC3)nc2)c(C)s1. The van der Waals surface area contributed by atoms with Crippen LogP contribution in [0.2, 0.25) is 0 Å². The second kappa shape index (κ2) is 8.45. The van der Waals surface area contributed by atoms with Crippen LogP contribution < -0.4 is 10.2 Å². The monoisotopic (exact) mass is 371 g/mol. The zero-order chi connectivity index (χ0) is 18.5. The summed E-state index contributed by atoms with van der Waals surface area (Å²) in [7, 11) is 0. The van der Waals surface area contributed by atoms with Crippen molar-refractivity contribution in [3.05, 3.63) is 39.7 Å². The van der Waals surface area contributed by atoms with Gasteiger partial charge in [-0.2, -0.15) is 0 Å². The van der Waals surface area contributed by atoms with Crippen LogP contribution in [-0.4, -0.2) is 29.8 Å². The normalized spacial score (nSPS) is 14.3. The van der Waals surface area contributed by atoms with Gasteiger partial charge >= 0.3 is 0 Å². The predicted molar refractivity (Wildman–Crippen MR) is 106 cm³/mol. The first-order valence-corrected chi connectivity index (χ1v) is 9.95.